The van der Waals surface area contributed by atoms with Crippen LogP contribution in [-0.4, -0.2) is 28.4 Å². The summed E-state index contributed by atoms with van der Waals surface area (Å²) in [6.07, 6.45) is 37.4. The molecule has 3 aromatic carbocycles. The van der Waals surface area contributed by atoms with Gasteiger partial charge in [-0.1, -0.05) is 217 Å². The minimum atomic E-state index is -1.05. The van der Waals surface area contributed by atoms with E-state index in [4.69, 9.17) is 14.2 Å². The van der Waals surface area contributed by atoms with E-state index in [1.54, 1.807) is 18.2 Å². The van der Waals surface area contributed by atoms with E-state index >= 15 is 0 Å². The lowest BCUT2D eigenvalue weighted by Crippen LogP contribution is -2.31. The molecule has 0 saturated carbocycles. The smallest absolute Gasteiger partial charge is 0.274 e. The SMILES string of the molecule is CCCCCCCCCCCCCCCCOc1ccc(C([Si])(OCc2ccccc2[N+](=O)[O-])c2ccc(OCCCCCCCCCCCCCCCC)cc2)cc1. The van der Waals surface area contributed by atoms with Crippen molar-refractivity contribution in [3.05, 3.63) is 99.6 Å². The zero-order chi connectivity index (χ0) is 42.1. The highest BCUT2D eigenvalue weighted by molar-refractivity contribution is 6.17. The van der Waals surface area contributed by atoms with E-state index in [2.05, 4.69) is 24.1 Å². The molecule has 0 aliphatic rings. The van der Waals surface area contributed by atoms with E-state index in [9.17, 15) is 10.1 Å². The molecule has 0 unspecified atom stereocenters. The van der Waals surface area contributed by atoms with E-state index < -0.39 is 5.22 Å². The van der Waals surface area contributed by atoms with Crippen LogP contribution >= 0.6 is 0 Å². The lowest BCUT2D eigenvalue weighted by atomic mass is 9.99. The molecule has 3 radical (unpaired) electrons. The summed E-state index contributed by atoms with van der Waals surface area (Å²) in [5.74, 6) is 1.65. The second-order valence-corrected chi connectivity index (χ2v) is 17.5. The highest BCUT2D eigenvalue weighted by Gasteiger charge is 2.31. The van der Waals surface area contributed by atoms with Crippen molar-refractivity contribution < 1.29 is 19.1 Å². The maximum atomic E-state index is 11.8. The number of para-hydroxylation sites is 1. The van der Waals surface area contributed by atoms with Gasteiger partial charge in [0.1, 0.15) is 11.5 Å². The van der Waals surface area contributed by atoms with Crippen molar-refractivity contribution in [3.63, 3.8) is 0 Å². The van der Waals surface area contributed by atoms with E-state index in [0.29, 0.717) is 18.8 Å². The fraction of sp³-hybridized carbons (Fsp3) is 0.654. The number of nitrogens with zero attached hydrogens (tertiary/aromatic N) is 1. The number of unbranched alkanes of at least 4 members (excludes halogenated alkanes) is 26. The second-order valence-electron chi connectivity index (χ2n) is 16.8. The Morgan fingerprint density at radius 1 is 0.475 bits per heavy atom. The number of rotatable bonds is 38. The molecule has 0 aromatic heterocycles. The van der Waals surface area contributed by atoms with Crippen LogP contribution in [-0.2, 0) is 16.6 Å². The van der Waals surface area contributed by atoms with Crippen LogP contribution in [0.5, 0.6) is 11.5 Å². The molecule has 0 bridgehead atoms. The lowest BCUT2D eigenvalue weighted by molar-refractivity contribution is -0.386. The van der Waals surface area contributed by atoms with Crippen LogP contribution in [0, 0.1) is 10.1 Å². The Morgan fingerprint density at radius 3 is 1.14 bits per heavy atom. The quantitative estimate of drug-likeness (QED) is 0.0249. The summed E-state index contributed by atoms with van der Waals surface area (Å²) >= 11 is 0. The molecule has 59 heavy (non-hydrogen) atoms. The van der Waals surface area contributed by atoms with E-state index in [1.807, 2.05) is 48.5 Å². The van der Waals surface area contributed by atoms with Crippen molar-refractivity contribution in [2.24, 2.45) is 0 Å². The van der Waals surface area contributed by atoms with Gasteiger partial charge in [0, 0.05) is 6.07 Å². The largest absolute Gasteiger partial charge is 0.494 e. The third kappa shape index (κ3) is 21.8. The molecule has 0 heterocycles. The van der Waals surface area contributed by atoms with E-state index in [-0.39, 0.29) is 17.2 Å². The number of nitro groups is 1. The first kappa shape index (κ1) is 50.2. The topological polar surface area (TPSA) is 70.8 Å². The number of benzene rings is 3. The van der Waals surface area contributed by atoms with Gasteiger partial charge in [0.15, 0.2) is 0 Å². The Bertz CT molecular complexity index is 1390. The molecule has 3 rings (SSSR count). The fourth-order valence-electron chi connectivity index (χ4n) is 7.88. The van der Waals surface area contributed by atoms with Gasteiger partial charge in [-0.05, 0) is 54.3 Å². The molecule has 6 nitrogen and oxygen atoms in total. The van der Waals surface area contributed by atoms with Gasteiger partial charge >= 0.3 is 0 Å². The lowest BCUT2D eigenvalue weighted by Gasteiger charge is -2.31. The van der Waals surface area contributed by atoms with Crippen LogP contribution in [0.3, 0.4) is 0 Å². The van der Waals surface area contributed by atoms with Gasteiger partial charge in [-0.3, -0.25) is 10.1 Å². The maximum absolute atomic E-state index is 11.8. The van der Waals surface area contributed by atoms with Crippen LogP contribution in [0.15, 0.2) is 72.8 Å². The molecule has 0 aliphatic carbocycles. The molecule has 0 saturated heterocycles. The molecular weight excluding hydrogens is 747 g/mol. The summed E-state index contributed by atoms with van der Waals surface area (Å²) in [6, 6.07) is 22.7. The predicted molar refractivity (Wildman–Crippen MR) is 249 cm³/mol. The van der Waals surface area contributed by atoms with Crippen molar-refractivity contribution in [1.82, 2.24) is 0 Å². The molecule has 0 spiro atoms. The van der Waals surface area contributed by atoms with Gasteiger partial charge in [-0.2, -0.15) is 0 Å². The van der Waals surface area contributed by atoms with Crippen LogP contribution < -0.4 is 9.47 Å². The van der Waals surface area contributed by atoms with Crippen molar-refractivity contribution >= 4 is 15.9 Å². The first-order valence-corrected chi connectivity index (χ1v) is 24.6. The minimum absolute atomic E-state index is 0.0426. The highest BCUT2D eigenvalue weighted by Crippen LogP contribution is 2.35. The number of hydrogen-bond acceptors (Lipinski definition) is 5. The molecule has 0 aliphatic heterocycles. The van der Waals surface area contributed by atoms with E-state index in [0.717, 1.165) is 35.5 Å². The minimum Gasteiger partial charge on any atom is -0.494 e. The van der Waals surface area contributed by atoms with E-state index in [1.165, 1.54) is 173 Å². The standard InChI is InChI=1S/C52H80NO5Si/c1-3-5-7-9-11-13-15-17-19-21-23-25-27-31-43-56-49-39-35-47(36-40-49)52(59,58-45-46-33-29-30-34-51(46)53(54)55)48-37-41-50(42-38-48)57-44-32-28-26-24-22-20-18-16-14-12-10-8-6-4-2/h29-30,33-42H,3-28,31-32,43-45H2,1-2H3. The average molecular weight is 827 g/mol. The number of hydrogen-bond donors (Lipinski definition) is 0. The molecule has 0 fully saturated rings. The molecule has 3 aromatic rings. The predicted octanol–water partition coefficient (Wildman–Crippen LogP) is 15.9. The zero-order valence-electron chi connectivity index (χ0n) is 37.3. The summed E-state index contributed by atoms with van der Waals surface area (Å²) in [5.41, 5.74) is 2.29. The van der Waals surface area contributed by atoms with Gasteiger partial charge < -0.3 is 14.2 Å². The first-order chi connectivity index (χ1) is 29.0. The first-order valence-electron chi connectivity index (χ1n) is 24.1. The van der Waals surface area contributed by atoms with Crippen LogP contribution in [0.2, 0.25) is 0 Å². The molecular formula is C52H80NO5Si. The Morgan fingerprint density at radius 2 is 0.797 bits per heavy atom. The summed E-state index contributed by atoms with van der Waals surface area (Å²) in [5, 5.41) is 10.7. The highest BCUT2D eigenvalue weighted by atomic mass is 28.1. The van der Waals surface area contributed by atoms with Crippen molar-refractivity contribution in [1.29, 1.82) is 0 Å². The van der Waals surface area contributed by atoms with Crippen molar-refractivity contribution in [3.8, 4) is 11.5 Å². The molecule has 327 valence electrons. The molecule has 0 N–H and O–H groups in total. The number of nitro benzene ring substituents is 1. The normalized spacial score (nSPS) is 11.6. The summed E-state index contributed by atoms with van der Waals surface area (Å²) < 4.78 is 18.8. The second kappa shape index (κ2) is 32.6. The summed E-state index contributed by atoms with van der Waals surface area (Å²) in [6.45, 7) is 6.01. The third-order valence-corrected chi connectivity index (χ3v) is 12.4. The van der Waals surface area contributed by atoms with Crippen LogP contribution in [0.1, 0.15) is 210 Å². The maximum Gasteiger partial charge on any atom is 0.274 e. The van der Waals surface area contributed by atoms with Crippen LogP contribution in [0.25, 0.3) is 0 Å². The van der Waals surface area contributed by atoms with Crippen LogP contribution in [0.4, 0.5) is 5.69 Å². The van der Waals surface area contributed by atoms with Gasteiger partial charge in [-0.25, -0.2) is 0 Å². The Balaban J connectivity index is 1.42. The molecule has 0 amide bonds. The molecule has 0 atom stereocenters. The summed E-state index contributed by atoms with van der Waals surface area (Å²) in [7, 11) is 4.01. The van der Waals surface area contributed by atoms with Gasteiger partial charge in [-0.15, -0.1) is 0 Å². The van der Waals surface area contributed by atoms with Gasteiger partial charge in [0.05, 0.1) is 45.8 Å². The average Bonchev–Trinajstić information content (AvgIpc) is 3.26. The summed E-state index contributed by atoms with van der Waals surface area (Å²) in [4.78, 5) is 11.4. The zero-order valence-corrected chi connectivity index (χ0v) is 38.3. The Labute approximate surface area is 363 Å². The van der Waals surface area contributed by atoms with Gasteiger partial charge in [0.2, 0.25) is 0 Å². The van der Waals surface area contributed by atoms with Gasteiger partial charge in [0.25, 0.3) is 5.69 Å². The number of ether oxygens (including phenoxy) is 3. The van der Waals surface area contributed by atoms with Crippen molar-refractivity contribution in [2.75, 3.05) is 13.2 Å². The Kier molecular flexibility index (Phi) is 27.7. The Hall–Kier alpha value is -3.16. The molecule has 7 heteroatoms. The third-order valence-electron chi connectivity index (χ3n) is 11.7. The fourth-order valence-corrected chi connectivity index (χ4v) is 8.28. The monoisotopic (exact) mass is 827 g/mol. The van der Waals surface area contributed by atoms with Crippen molar-refractivity contribution in [2.45, 2.75) is 205 Å².